The van der Waals surface area contributed by atoms with Crippen LogP contribution in [0.15, 0.2) is 23.3 Å². The van der Waals surface area contributed by atoms with Crippen LogP contribution in [0.4, 0.5) is 27.9 Å². The van der Waals surface area contributed by atoms with Crippen LogP contribution >= 0.6 is 0 Å². The monoisotopic (exact) mass is 515 g/mol. The Balaban J connectivity index is 1.76. The molecule has 11 nitrogen and oxygen atoms in total. The first-order valence-corrected chi connectivity index (χ1v) is 10.6. The number of anilines is 1. The number of aromatic nitrogens is 5. The van der Waals surface area contributed by atoms with Crippen molar-refractivity contribution in [3.63, 3.8) is 0 Å². The van der Waals surface area contributed by atoms with Crippen LogP contribution in [0, 0.1) is 11.8 Å². The van der Waals surface area contributed by atoms with E-state index in [1.807, 2.05) is 0 Å². The third kappa shape index (κ3) is 5.17. The summed E-state index contributed by atoms with van der Waals surface area (Å²) >= 11 is 0. The normalized spacial score (nSPS) is 15.3. The van der Waals surface area contributed by atoms with Crippen LogP contribution in [0.1, 0.15) is 34.8 Å². The average Bonchev–Trinajstić information content (AvgIpc) is 3.30. The lowest BCUT2D eigenvalue weighted by molar-refractivity contribution is -0.116. The van der Waals surface area contributed by atoms with Gasteiger partial charge in [-0.3, -0.25) is 24.3 Å². The lowest BCUT2D eigenvalue weighted by atomic mass is 9.97. The molecule has 2 amide bonds. The summed E-state index contributed by atoms with van der Waals surface area (Å²) < 4.78 is 73.5. The third-order valence-electron chi connectivity index (χ3n) is 5.37. The first-order valence-electron chi connectivity index (χ1n) is 10.6. The van der Waals surface area contributed by atoms with Gasteiger partial charge in [0.15, 0.2) is 11.4 Å². The molecule has 0 aliphatic carbocycles. The molecular weight excluding hydrogens is 497 g/mol. The van der Waals surface area contributed by atoms with Crippen molar-refractivity contribution < 1.29 is 36.3 Å². The molecule has 0 spiro atoms. The number of carbonyl (C=O) groups excluding carboxylic acids is 2. The summed E-state index contributed by atoms with van der Waals surface area (Å²) in [5.74, 6) is -5.55. The molecule has 0 saturated carbocycles. The highest BCUT2D eigenvalue weighted by atomic mass is 19.3. The highest BCUT2D eigenvalue weighted by Gasteiger charge is 2.30. The first-order chi connectivity index (χ1) is 17.2. The number of carbonyl (C=O) groups is 2. The van der Waals surface area contributed by atoms with Crippen LogP contribution in [-0.2, 0) is 16.1 Å². The van der Waals surface area contributed by atoms with Crippen LogP contribution in [0.25, 0.3) is 5.65 Å². The number of alkyl halides is 3. The number of fused-ring (bicyclic) bond motifs is 1. The van der Waals surface area contributed by atoms with Gasteiger partial charge in [-0.05, 0) is 12.8 Å². The van der Waals surface area contributed by atoms with E-state index in [4.69, 9.17) is 4.74 Å². The molecule has 3 aromatic heterocycles. The third-order valence-corrected chi connectivity index (χ3v) is 5.37. The zero-order valence-electron chi connectivity index (χ0n) is 18.3. The number of ether oxygens (including phenoxy) is 1. The van der Waals surface area contributed by atoms with Gasteiger partial charge in [-0.25, -0.2) is 27.5 Å². The van der Waals surface area contributed by atoms with Crippen molar-refractivity contribution >= 4 is 23.4 Å². The van der Waals surface area contributed by atoms with Gasteiger partial charge in [0.25, 0.3) is 17.9 Å². The fraction of sp³-hybridized carbons (Fsp3) is 0.400. The molecule has 0 radical (unpaired) electrons. The number of hydrogen-bond acceptors (Lipinski definition) is 7. The van der Waals surface area contributed by atoms with E-state index in [9.17, 15) is 31.9 Å². The number of amides is 2. The van der Waals surface area contributed by atoms with Gasteiger partial charge in [0.1, 0.15) is 12.2 Å². The van der Waals surface area contributed by atoms with E-state index in [0.717, 1.165) is 12.4 Å². The minimum atomic E-state index is -3.63. The standard InChI is InChI=1S/C20H18F5N7O4/c21-10-6-26-20(27-7-10)28-12(33)8-31-13-5-11(9-1-3-36-4-2-9)30-32(13)19(35)14(17(31)25)18(34)29-16(24)15(22)23/h5-7,9,15-16H,1-4,8H2,(H,29,34)(H,26,27,28,33). The van der Waals surface area contributed by atoms with Crippen LogP contribution < -0.4 is 16.2 Å². The number of nitrogens with zero attached hydrogens (tertiary/aromatic N) is 5. The minimum absolute atomic E-state index is 0.178. The van der Waals surface area contributed by atoms with Gasteiger partial charge < -0.3 is 10.1 Å². The van der Waals surface area contributed by atoms with Crippen molar-refractivity contribution in [2.24, 2.45) is 0 Å². The Kier molecular flexibility index (Phi) is 7.23. The summed E-state index contributed by atoms with van der Waals surface area (Å²) in [5, 5.41) is 7.54. The smallest absolute Gasteiger partial charge is 0.290 e. The Morgan fingerprint density at radius 1 is 1.14 bits per heavy atom. The van der Waals surface area contributed by atoms with Gasteiger partial charge in [-0.15, -0.1) is 0 Å². The lowest BCUT2D eigenvalue weighted by Crippen LogP contribution is -2.41. The summed E-state index contributed by atoms with van der Waals surface area (Å²) in [4.78, 5) is 44.9. The molecule has 1 aliphatic rings. The molecule has 4 heterocycles. The molecule has 4 rings (SSSR count). The van der Waals surface area contributed by atoms with Gasteiger partial charge in [0.05, 0.1) is 18.1 Å². The molecule has 36 heavy (non-hydrogen) atoms. The van der Waals surface area contributed by atoms with E-state index >= 15 is 4.39 Å². The van der Waals surface area contributed by atoms with Gasteiger partial charge >= 0.3 is 0 Å². The minimum Gasteiger partial charge on any atom is -0.381 e. The first kappa shape index (κ1) is 25.2. The van der Waals surface area contributed by atoms with Crippen molar-refractivity contribution in [3.8, 4) is 0 Å². The van der Waals surface area contributed by atoms with Crippen molar-refractivity contribution in [1.29, 1.82) is 0 Å². The second-order valence-electron chi connectivity index (χ2n) is 7.77. The zero-order chi connectivity index (χ0) is 26.0. The summed E-state index contributed by atoms with van der Waals surface area (Å²) in [6, 6.07) is 1.35. The fourth-order valence-electron chi connectivity index (χ4n) is 3.64. The van der Waals surface area contributed by atoms with E-state index < -0.39 is 54.0 Å². The molecule has 1 aliphatic heterocycles. The predicted molar refractivity (Wildman–Crippen MR) is 111 cm³/mol. The number of halogens is 5. The molecule has 0 aromatic carbocycles. The van der Waals surface area contributed by atoms with Gasteiger partial charge in [-0.2, -0.15) is 14.0 Å². The number of rotatable bonds is 7. The fourth-order valence-corrected chi connectivity index (χ4v) is 3.64. The molecule has 1 fully saturated rings. The van der Waals surface area contributed by atoms with E-state index in [1.165, 1.54) is 11.4 Å². The van der Waals surface area contributed by atoms with Crippen molar-refractivity contribution in [2.75, 3.05) is 18.5 Å². The average molecular weight is 515 g/mol. The maximum absolute atomic E-state index is 15.4. The zero-order valence-corrected chi connectivity index (χ0v) is 18.3. The molecule has 3 aromatic rings. The Bertz CT molecular complexity index is 1340. The van der Waals surface area contributed by atoms with Gasteiger partial charge in [0.2, 0.25) is 24.1 Å². The van der Waals surface area contributed by atoms with E-state index in [-0.39, 0.29) is 17.5 Å². The maximum Gasteiger partial charge on any atom is 0.290 e. The van der Waals surface area contributed by atoms with Crippen molar-refractivity contribution in [2.45, 2.75) is 38.0 Å². The molecule has 16 heteroatoms. The van der Waals surface area contributed by atoms with Crippen LogP contribution in [0.3, 0.4) is 0 Å². The lowest BCUT2D eigenvalue weighted by Gasteiger charge is -2.19. The van der Waals surface area contributed by atoms with Crippen LogP contribution in [0.5, 0.6) is 0 Å². The molecule has 2 N–H and O–H groups in total. The molecule has 1 saturated heterocycles. The van der Waals surface area contributed by atoms with Crippen LogP contribution in [-0.4, -0.2) is 61.9 Å². The van der Waals surface area contributed by atoms with Crippen molar-refractivity contribution in [1.82, 2.24) is 29.5 Å². The van der Waals surface area contributed by atoms with Crippen molar-refractivity contribution in [3.05, 3.63) is 51.8 Å². The number of nitrogens with one attached hydrogen (secondary N) is 2. The van der Waals surface area contributed by atoms with Crippen LogP contribution in [0.2, 0.25) is 0 Å². The molecule has 1 unspecified atom stereocenters. The van der Waals surface area contributed by atoms with Gasteiger partial charge in [0, 0.05) is 25.2 Å². The summed E-state index contributed by atoms with van der Waals surface area (Å²) in [6.07, 6.45) is -4.18. The quantitative estimate of drug-likeness (QED) is 0.276. The largest absolute Gasteiger partial charge is 0.381 e. The second kappa shape index (κ2) is 10.3. The second-order valence-corrected chi connectivity index (χ2v) is 7.77. The SMILES string of the molecule is O=C(Cn1c(F)c(C(=O)NC(F)C(F)F)c(=O)n2nc(C3CCOCC3)cc12)Nc1ncc(F)cn1. The van der Waals surface area contributed by atoms with E-state index in [1.54, 1.807) is 0 Å². The Hall–Kier alpha value is -3.95. The maximum atomic E-state index is 15.4. The van der Waals surface area contributed by atoms with E-state index in [0.29, 0.717) is 40.8 Å². The Labute approximate surface area is 198 Å². The molecular formula is C20H18F5N7O4. The summed E-state index contributed by atoms with van der Waals surface area (Å²) in [5.41, 5.74) is -2.53. The highest BCUT2D eigenvalue weighted by molar-refractivity contribution is 5.94. The Morgan fingerprint density at radius 2 is 1.81 bits per heavy atom. The Morgan fingerprint density at radius 3 is 2.44 bits per heavy atom. The number of hydrogen-bond donors (Lipinski definition) is 2. The van der Waals surface area contributed by atoms with Gasteiger partial charge in [-0.1, -0.05) is 0 Å². The van der Waals surface area contributed by atoms with E-state index in [2.05, 4.69) is 20.4 Å². The highest BCUT2D eigenvalue weighted by Crippen LogP contribution is 2.27. The molecule has 1 atom stereocenters. The summed E-state index contributed by atoms with van der Waals surface area (Å²) in [6.45, 7) is -0.0315. The molecule has 192 valence electrons. The molecule has 0 bridgehead atoms. The summed E-state index contributed by atoms with van der Waals surface area (Å²) in [7, 11) is 0. The predicted octanol–water partition coefficient (Wildman–Crippen LogP) is 1.39. The topological polar surface area (TPSA) is 133 Å².